The first-order chi connectivity index (χ1) is 6.97. The van der Waals surface area contributed by atoms with Crippen LogP contribution in [0.5, 0.6) is 0 Å². The SMILES string of the molecule is CCN(CC)S(=O)(=O)NCCC(N)=NO. The second-order valence-corrected chi connectivity index (χ2v) is 4.58. The smallest absolute Gasteiger partial charge is 0.279 e. The quantitative estimate of drug-likeness (QED) is 0.236. The first-order valence-electron chi connectivity index (χ1n) is 4.69. The van der Waals surface area contributed by atoms with Gasteiger partial charge >= 0.3 is 0 Å². The van der Waals surface area contributed by atoms with Gasteiger partial charge in [-0.25, -0.2) is 4.72 Å². The number of amidine groups is 1. The average molecular weight is 238 g/mol. The molecule has 0 aromatic carbocycles. The Labute approximate surface area is 90.1 Å². The van der Waals surface area contributed by atoms with Crippen LogP contribution < -0.4 is 10.5 Å². The molecule has 0 aliphatic heterocycles. The summed E-state index contributed by atoms with van der Waals surface area (Å²) >= 11 is 0. The van der Waals surface area contributed by atoms with Crippen LogP contribution in [-0.2, 0) is 10.2 Å². The van der Waals surface area contributed by atoms with Crippen molar-refractivity contribution in [3.8, 4) is 0 Å². The van der Waals surface area contributed by atoms with Gasteiger partial charge in [0, 0.05) is 26.1 Å². The van der Waals surface area contributed by atoms with Crippen molar-refractivity contribution in [1.82, 2.24) is 9.03 Å². The number of nitrogens with two attached hydrogens (primary N) is 1. The third-order valence-corrected chi connectivity index (χ3v) is 3.60. The van der Waals surface area contributed by atoms with Crippen molar-refractivity contribution >= 4 is 16.0 Å². The first-order valence-corrected chi connectivity index (χ1v) is 6.13. The number of hydrogen-bond donors (Lipinski definition) is 3. The highest BCUT2D eigenvalue weighted by Crippen LogP contribution is 1.96. The van der Waals surface area contributed by atoms with Gasteiger partial charge in [-0.1, -0.05) is 19.0 Å². The zero-order valence-electron chi connectivity index (χ0n) is 8.97. The lowest BCUT2D eigenvalue weighted by molar-refractivity contribution is 0.317. The summed E-state index contributed by atoms with van der Waals surface area (Å²) in [5.41, 5.74) is 5.19. The second-order valence-electron chi connectivity index (χ2n) is 2.83. The summed E-state index contributed by atoms with van der Waals surface area (Å²) < 4.78 is 26.7. The van der Waals surface area contributed by atoms with E-state index in [0.29, 0.717) is 13.1 Å². The maximum absolute atomic E-state index is 11.5. The Kier molecular flexibility index (Phi) is 6.21. The van der Waals surface area contributed by atoms with Crippen LogP contribution in [0.4, 0.5) is 0 Å². The summed E-state index contributed by atoms with van der Waals surface area (Å²) in [4.78, 5) is 0. The molecule has 0 unspecified atom stereocenters. The van der Waals surface area contributed by atoms with E-state index in [1.54, 1.807) is 13.8 Å². The number of rotatable bonds is 7. The van der Waals surface area contributed by atoms with Gasteiger partial charge in [0.05, 0.1) is 0 Å². The molecule has 0 bridgehead atoms. The van der Waals surface area contributed by atoms with Crippen molar-refractivity contribution in [2.45, 2.75) is 20.3 Å². The molecule has 0 radical (unpaired) electrons. The van der Waals surface area contributed by atoms with Crippen LogP contribution in [-0.4, -0.2) is 43.4 Å². The molecule has 0 saturated heterocycles. The Morgan fingerprint density at radius 2 is 2.00 bits per heavy atom. The maximum atomic E-state index is 11.5. The first kappa shape index (κ1) is 14.1. The van der Waals surface area contributed by atoms with Crippen molar-refractivity contribution in [3.05, 3.63) is 0 Å². The Morgan fingerprint density at radius 1 is 1.47 bits per heavy atom. The predicted molar refractivity (Wildman–Crippen MR) is 57.9 cm³/mol. The van der Waals surface area contributed by atoms with E-state index in [1.807, 2.05) is 0 Å². The highest BCUT2D eigenvalue weighted by molar-refractivity contribution is 7.87. The van der Waals surface area contributed by atoms with Gasteiger partial charge < -0.3 is 10.9 Å². The van der Waals surface area contributed by atoms with Crippen LogP contribution in [0.1, 0.15) is 20.3 Å². The van der Waals surface area contributed by atoms with Gasteiger partial charge in [0.25, 0.3) is 10.2 Å². The Balaban J connectivity index is 4.16. The third kappa shape index (κ3) is 4.96. The van der Waals surface area contributed by atoms with E-state index < -0.39 is 10.2 Å². The van der Waals surface area contributed by atoms with Crippen molar-refractivity contribution in [3.63, 3.8) is 0 Å². The minimum Gasteiger partial charge on any atom is -0.409 e. The van der Waals surface area contributed by atoms with Gasteiger partial charge in [-0.2, -0.15) is 12.7 Å². The summed E-state index contributed by atoms with van der Waals surface area (Å²) in [5.74, 6) is -0.00255. The lowest BCUT2D eigenvalue weighted by Gasteiger charge is -2.18. The molecule has 0 heterocycles. The number of nitrogens with zero attached hydrogens (tertiary/aromatic N) is 2. The van der Waals surface area contributed by atoms with Gasteiger partial charge in [0.15, 0.2) is 0 Å². The monoisotopic (exact) mass is 238 g/mol. The molecule has 0 amide bonds. The van der Waals surface area contributed by atoms with E-state index in [0.717, 1.165) is 0 Å². The molecular formula is C7H18N4O3S. The molecule has 15 heavy (non-hydrogen) atoms. The molecule has 0 aromatic heterocycles. The fourth-order valence-electron chi connectivity index (χ4n) is 1.01. The van der Waals surface area contributed by atoms with Crippen LogP contribution >= 0.6 is 0 Å². The lowest BCUT2D eigenvalue weighted by atomic mass is 10.4. The molecule has 0 spiro atoms. The van der Waals surface area contributed by atoms with Crippen LogP contribution in [0.25, 0.3) is 0 Å². The van der Waals surface area contributed by atoms with Crippen LogP contribution in [0, 0.1) is 0 Å². The normalized spacial score (nSPS) is 13.4. The fraction of sp³-hybridized carbons (Fsp3) is 0.857. The lowest BCUT2D eigenvalue weighted by Crippen LogP contribution is -2.41. The number of oxime groups is 1. The van der Waals surface area contributed by atoms with Crippen molar-refractivity contribution in [2.75, 3.05) is 19.6 Å². The molecular weight excluding hydrogens is 220 g/mol. The van der Waals surface area contributed by atoms with Crippen LogP contribution in [0.3, 0.4) is 0 Å². The van der Waals surface area contributed by atoms with Crippen molar-refractivity contribution in [2.24, 2.45) is 10.9 Å². The average Bonchev–Trinajstić information content (AvgIpc) is 2.18. The second kappa shape index (κ2) is 6.59. The standard InChI is InChI=1S/C7H18N4O3S/c1-3-11(4-2)15(13,14)9-6-5-7(8)10-12/h9,12H,3-6H2,1-2H3,(H2,8,10). The summed E-state index contributed by atoms with van der Waals surface area (Å²) in [7, 11) is -3.44. The third-order valence-electron chi connectivity index (χ3n) is 1.84. The van der Waals surface area contributed by atoms with E-state index in [-0.39, 0.29) is 18.8 Å². The topological polar surface area (TPSA) is 108 Å². The van der Waals surface area contributed by atoms with E-state index in [2.05, 4.69) is 9.88 Å². The molecule has 0 rings (SSSR count). The minimum atomic E-state index is -3.44. The molecule has 8 heteroatoms. The van der Waals surface area contributed by atoms with Crippen LogP contribution in [0.15, 0.2) is 5.16 Å². The highest BCUT2D eigenvalue weighted by atomic mass is 32.2. The Bertz CT molecular complexity index is 297. The summed E-state index contributed by atoms with van der Waals surface area (Å²) in [6, 6.07) is 0. The molecule has 0 aromatic rings. The molecule has 0 aliphatic rings. The minimum absolute atomic E-state index is 0.00255. The summed E-state index contributed by atoms with van der Waals surface area (Å²) in [6.07, 6.45) is 0.178. The molecule has 0 fully saturated rings. The van der Waals surface area contributed by atoms with E-state index >= 15 is 0 Å². The molecule has 0 atom stereocenters. The zero-order chi connectivity index (χ0) is 11.9. The Hall–Kier alpha value is -0.860. The molecule has 0 saturated carbocycles. The molecule has 7 nitrogen and oxygen atoms in total. The van der Waals surface area contributed by atoms with Gasteiger partial charge in [-0.05, 0) is 0 Å². The number of nitrogens with one attached hydrogen (secondary N) is 1. The van der Waals surface area contributed by atoms with Gasteiger partial charge in [0.1, 0.15) is 5.84 Å². The molecule has 0 aliphatic carbocycles. The molecule has 4 N–H and O–H groups in total. The van der Waals surface area contributed by atoms with E-state index in [9.17, 15) is 8.42 Å². The van der Waals surface area contributed by atoms with Gasteiger partial charge in [-0.15, -0.1) is 0 Å². The van der Waals surface area contributed by atoms with E-state index in [1.165, 1.54) is 4.31 Å². The van der Waals surface area contributed by atoms with Crippen molar-refractivity contribution < 1.29 is 13.6 Å². The van der Waals surface area contributed by atoms with Crippen LogP contribution in [0.2, 0.25) is 0 Å². The predicted octanol–water partition coefficient (Wildman–Crippen LogP) is -0.701. The highest BCUT2D eigenvalue weighted by Gasteiger charge is 2.17. The summed E-state index contributed by atoms with van der Waals surface area (Å²) in [5, 5.41) is 11.0. The Morgan fingerprint density at radius 3 is 2.40 bits per heavy atom. The molecule has 90 valence electrons. The van der Waals surface area contributed by atoms with E-state index in [4.69, 9.17) is 10.9 Å². The fourth-order valence-corrected chi connectivity index (χ4v) is 2.24. The van der Waals surface area contributed by atoms with Gasteiger partial charge in [-0.3, -0.25) is 0 Å². The largest absolute Gasteiger partial charge is 0.409 e. The maximum Gasteiger partial charge on any atom is 0.279 e. The zero-order valence-corrected chi connectivity index (χ0v) is 9.79. The van der Waals surface area contributed by atoms with Gasteiger partial charge in [0.2, 0.25) is 0 Å². The van der Waals surface area contributed by atoms with Crippen molar-refractivity contribution in [1.29, 1.82) is 0 Å². The summed E-state index contributed by atoms with van der Waals surface area (Å²) in [6.45, 7) is 4.46. The number of hydrogen-bond acceptors (Lipinski definition) is 4.